The number of hydrogen-bond acceptors (Lipinski definition) is 2. The van der Waals surface area contributed by atoms with Crippen molar-refractivity contribution in [2.45, 2.75) is 84.4 Å². The number of hydroxylamine groups is 2. The van der Waals surface area contributed by atoms with Gasteiger partial charge in [-0.1, -0.05) is 50.3 Å². The number of rotatable bonds is 6. The van der Waals surface area contributed by atoms with Crippen molar-refractivity contribution in [2.75, 3.05) is 0 Å². The largest absolute Gasteiger partial charge is 0.289 e. The molecule has 0 aromatic heterocycles. The minimum atomic E-state index is -0.0211. The van der Waals surface area contributed by atoms with E-state index in [1.54, 1.807) is 0 Å². The van der Waals surface area contributed by atoms with Crippen molar-refractivity contribution in [3.63, 3.8) is 0 Å². The van der Waals surface area contributed by atoms with Crippen LogP contribution in [0.1, 0.15) is 78.9 Å². The summed E-state index contributed by atoms with van der Waals surface area (Å²) < 4.78 is 0. The van der Waals surface area contributed by atoms with Gasteiger partial charge < -0.3 is 0 Å². The Balaban J connectivity index is 2.39. The maximum atomic E-state index is 6.81. The Morgan fingerprint density at radius 1 is 1.12 bits per heavy atom. The lowest BCUT2D eigenvalue weighted by Crippen LogP contribution is -2.59. The van der Waals surface area contributed by atoms with Gasteiger partial charge in [-0.2, -0.15) is 5.06 Å². The molecule has 2 nitrogen and oxygen atoms in total. The summed E-state index contributed by atoms with van der Waals surface area (Å²) in [6, 6.07) is 10.6. The SMILES string of the molecule is C=CCC(C)(C)C(ON1C(C)(C)CCCC1(C)C)c1ccccc1. The molecule has 0 aliphatic carbocycles. The summed E-state index contributed by atoms with van der Waals surface area (Å²) in [5, 5.41) is 2.28. The highest BCUT2D eigenvalue weighted by Gasteiger charge is 2.45. The van der Waals surface area contributed by atoms with Crippen molar-refractivity contribution in [3.8, 4) is 0 Å². The summed E-state index contributed by atoms with van der Waals surface area (Å²) in [6.07, 6.45) is 6.52. The number of piperidine rings is 1. The molecular weight excluding hydrogens is 294 g/mol. The molecule has 1 atom stereocenters. The summed E-state index contributed by atoms with van der Waals surface area (Å²) in [5.41, 5.74) is 1.30. The minimum absolute atomic E-state index is 0.00773. The van der Waals surface area contributed by atoms with Crippen LogP contribution in [0.2, 0.25) is 0 Å². The van der Waals surface area contributed by atoms with Gasteiger partial charge in [0.25, 0.3) is 0 Å². The maximum Gasteiger partial charge on any atom is 0.110 e. The fourth-order valence-electron chi connectivity index (χ4n) is 4.13. The Bertz CT molecular complexity index is 528. The quantitative estimate of drug-likeness (QED) is 0.567. The first-order valence-corrected chi connectivity index (χ1v) is 9.23. The zero-order valence-corrected chi connectivity index (χ0v) is 16.4. The van der Waals surface area contributed by atoms with Crippen molar-refractivity contribution in [2.24, 2.45) is 5.41 Å². The Kier molecular flexibility index (Phi) is 5.61. The van der Waals surface area contributed by atoms with Crippen molar-refractivity contribution < 1.29 is 4.84 Å². The predicted octanol–water partition coefficient (Wildman–Crippen LogP) is 6.30. The molecule has 0 N–H and O–H groups in total. The molecule has 134 valence electrons. The lowest BCUT2D eigenvalue weighted by molar-refractivity contribution is -0.323. The number of nitrogens with zero attached hydrogens (tertiary/aromatic N) is 1. The average Bonchev–Trinajstić information content (AvgIpc) is 2.46. The molecule has 1 aliphatic rings. The number of benzene rings is 1. The summed E-state index contributed by atoms with van der Waals surface area (Å²) >= 11 is 0. The highest BCUT2D eigenvalue weighted by Crippen LogP contribution is 2.46. The van der Waals surface area contributed by atoms with Crippen molar-refractivity contribution >= 4 is 0 Å². The molecule has 2 heteroatoms. The topological polar surface area (TPSA) is 12.5 Å². The monoisotopic (exact) mass is 329 g/mol. The van der Waals surface area contributed by atoms with E-state index in [0.717, 1.165) is 6.42 Å². The third-order valence-electron chi connectivity index (χ3n) is 5.37. The molecule has 0 spiro atoms. The zero-order valence-electron chi connectivity index (χ0n) is 16.4. The Hall–Kier alpha value is -1.12. The van der Waals surface area contributed by atoms with Gasteiger partial charge in [0.15, 0.2) is 0 Å². The van der Waals surface area contributed by atoms with Crippen LogP contribution >= 0.6 is 0 Å². The highest BCUT2D eigenvalue weighted by molar-refractivity contribution is 5.20. The van der Waals surface area contributed by atoms with Gasteiger partial charge in [0.2, 0.25) is 0 Å². The molecule has 1 aliphatic heterocycles. The summed E-state index contributed by atoms with van der Waals surface area (Å²) in [5.74, 6) is 0. The lowest BCUT2D eigenvalue weighted by atomic mass is 9.79. The summed E-state index contributed by atoms with van der Waals surface area (Å²) in [4.78, 5) is 6.81. The lowest BCUT2D eigenvalue weighted by Gasteiger charge is -2.53. The first kappa shape index (κ1) is 19.2. The Morgan fingerprint density at radius 2 is 1.67 bits per heavy atom. The van der Waals surface area contributed by atoms with Gasteiger partial charge in [0.1, 0.15) is 6.10 Å². The van der Waals surface area contributed by atoms with Crippen LogP contribution in [-0.4, -0.2) is 16.1 Å². The standard InChI is InChI=1S/C22H35NO/c1-8-15-20(2,3)19(18-13-10-9-11-14-18)24-23-21(4,5)16-12-17-22(23,6)7/h8-11,13-14,19H,1,12,15-17H2,2-7H3. The van der Waals surface area contributed by atoms with Crippen LogP contribution in [0.5, 0.6) is 0 Å². The van der Waals surface area contributed by atoms with Gasteiger partial charge in [-0.15, -0.1) is 6.58 Å². The van der Waals surface area contributed by atoms with Crippen LogP contribution in [0.15, 0.2) is 43.0 Å². The van der Waals surface area contributed by atoms with Crippen LogP contribution in [0.3, 0.4) is 0 Å². The van der Waals surface area contributed by atoms with Crippen LogP contribution in [0.4, 0.5) is 0 Å². The fraction of sp³-hybridized carbons (Fsp3) is 0.636. The van der Waals surface area contributed by atoms with E-state index >= 15 is 0 Å². The van der Waals surface area contributed by atoms with Crippen LogP contribution in [-0.2, 0) is 4.84 Å². The third-order valence-corrected chi connectivity index (χ3v) is 5.37. The number of allylic oxidation sites excluding steroid dienone is 1. The van der Waals surface area contributed by atoms with Crippen molar-refractivity contribution in [1.82, 2.24) is 5.06 Å². The summed E-state index contributed by atoms with van der Waals surface area (Å²) in [6.45, 7) is 17.7. The molecule has 1 heterocycles. The van der Waals surface area contributed by atoms with Gasteiger partial charge in [-0.3, -0.25) is 4.84 Å². The van der Waals surface area contributed by atoms with E-state index in [4.69, 9.17) is 4.84 Å². The highest BCUT2D eigenvalue weighted by atomic mass is 16.7. The average molecular weight is 330 g/mol. The molecule has 1 fully saturated rings. The van der Waals surface area contributed by atoms with Gasteiger partial charge in [-0.05, 0) is 58.9 Å². The van der Waals surface area contributed by atoms with E-state index in [1.807, 2.05) is 6.08 Å². The van der Waals surface area contributed by atoms with E-state index < -0.39 is 0 Å². The second-order valence-corrected chi connectivity index (χ2v) is 9.15. The van der Waals surface area contributed by atoms with Gasteiger partial charge in [-0.25, -0.2) is 0 Å². The van der Waals surface area contributed by atoms with E-state index in [-0.39, 0.29) is 22.6 Å². The van der Waals surface area contributed by atoms with Crippen molar-refractivity contribution in [1.29, 1.82) is 0 Å². The van der Waals surface area contributed by atoms with Crippen LogP contribution < -0.4 is 0 Å². The molecule has 0 radical (unpaired) electrons. The smallest absolute Gasteiger partial charge is 0.110 e. The molecule has 0 saturated carbocycles. The Morgan fingerprint density at radius 3 is 2.17 bits per heavy atom. The third kappa shape index (κ3) is 4.10. The fourth-order valence-corrected chi connectivity index (χ4v) is 4.13. The van der Waals surface area contributed by atoms with Crippen LogP contribution in [0.25, 0.3) is 0 Å². The molecule has 0 bridgehead atoms. The van der Waals surface area contributed by atoms with Gasteiger partial charge in [0, 0.05) is 16.5 Å². The molecule has 1 unspecified atom stereocenters. The number of hydrogen-bond donors (Lipinski definition) is 0. The predicted molar refractivity (Wildman–Crippen MR) is 103 cm³/mol. The molecular formula is C22H35NO. The van der Waals surface area contributed by atoms with E-state index in [2.05, 4.69) is 83.5 Å². The normalized spacial score (nSPS) is 22.1. The van der Waals surface area contributed by atoms with E-state index in [0.29, 0.717) is 0 Å². The molecule has 2 rings (SSSR count). The minimum Gasteiger partial charge on any atom is -0.289 e. The molecule has 1 aromatic rings. The Labute approximate surface area is 148 Å². The van der Waals surface area contributed by atoms with E-state index in [1.165, 1.54) is 24.8 Å². The summed E-state index contributed by atoms with van der Waals surface area (Å²) in [7, 11) is 0. The molecule has 1 saturated heterocycles. The second-order valence-electron chi connectivity index (χ2n) is 9.15. The van der Waals surface area contributed by atoms with Gasteiger partial charge >= 0.3 is 0 Å². The molecule has 1 aromatic carbocycles. The molecule has 24 heavy (non-hydrogen) atoms. The second kappa shape index (κ2) is 7.01. The zero-order chi connectivity index (χ0) is 18.0. The first-order chi connectivity index (χ1) is 11.1. The first-order valence-electron chi connectivity index (χ1n) is 9.23. The van der Waals surface area contributed by atoms with Gasteiger partial charge in [0.05, 0.1) is 0 Å². The van der Waals surface area contributed by atoms with Crippen molar-refractivity contribution in [3.05, 3.63) is 48.6 Å². The van der Waals surface area contributed by atoms with Crippen LogP contribution in [0, 0.1) is 5.41 Å². The van der Waals surface area contributed by atoms with E-state index in [9.17, 15) is 0 Å². The maximum absolute atomic E-state index is 6.81. The molecule has 0 amide bonds.